The smallest absolute Gasteiger partial charge is 0.303 e. The van der Waals surface area contributed by atoms with Crippen LogP contribution in [-0.4, -0.2) is 52.5 Å². The number of unbranched alkanes of at least 4 members (excludes halogenated alkanes) is 1. The highest BCUT2D eigenvalue weighted by Crippen LogP contribution is 2.33. The highest BCUT2D eigenvalue weighted by atomic mass is 16.5. The van der Waals surface area contributed by atoms with Crippen molar-refractivity contribution in [3.8, 4) is 0 Å². The maximum Gasteiger partial charge on any atom is 0.303 e. The van der Waals surface area contributed by atoms with E-state index >= 15 is 0 Å². The first-order chi connectivity index (χ1) is 15.9. The Balaban J connectivity index is 1.87. The van der Waals surface area contributed by atoms with E-state index in [4.69, 9.17) is 9.84 Å². The Morgan fingerprint density at radius 1 is 1.24 bits per heavy atom. The molecule has 0 bridgehead atoms. The van der Waals surface area contributed by atoms with Gasteiger partial charge in [0.2, 0.25) is 0 Å². The first-order valence-corrected chi connectivity index (χ1v) is 12.0. The second-order valence-electron chi connectivity index (χ2n) is 8.75. The van der Waals surface area contributed by atoms with Gasteiger partial charge >= 0.3 is 5.97 Å². The number of carboxylic acids is 1. The zero-order valence-corrected chi connectivity index (χ0v) is 19.6. The van der Waals surface area contributed by atoms with Crippen LogP contribution in [0.3, 0.4) is 0 Å². The number of hydrogen-bond donors (Lipinski definition) is 3. The lowest BCUT2D eigenvalue weighted by Gasteiger charge is -2.17. The summed E-state index contributed by atoms with van der Waals surface area (Å²) in [7, 11) is 0. The molecule has 1 aliphatic rings. The molecule has 0 heterocycles. The van der Waals surface area contributed by atoms with Gasteiger partial charge in [-0.25, -0.2) is 0 Å². The zero-order chi connectivity index (χ0) is 24.1. The van der Waals surface area contributed by atoms with E-state index in [1.807, 2.05) is 24.3 Å². The first-order valence-electron chi connectivity index (χ1n) is 12.0. The first kappa shape index (κ1) is 27.0. The van der Waals surface area contributed by atoms with E-state index in [2.05, 4.69) is 19.1 Å². The minimum absolute atomic E-state index is 0.0276. The van der Waals surface area contributed by atoms with Gasteiger partial charge in [0, 0.05) is 37.7 Å². The number of carboxylic acid groups (broad SMARTS) is 1. The van der Waals surface area contributed by atoms with Crippen molar-refractivity contribution in [2.45, 2.75) is 70.5 Å². The van der Waals surface area contributed by atoms with E-state index in [9.17, 15) is 19.8 Å². The van der Waals surface area contributed by atoms with Gasteiger partial charge in [0.1, 0.15) is 5.78 Å². The van der Waals surface area contributed by atoms with E-state index < -0.39 is 18.2 Å². The summed E-state index contributed by atoms with van der Waals surface area (Å²) in [5.74, 6) is -1.42. The normalized spacial score (nSPS) is 21.9. The molecule has 1 saturated carbocycles. The molecule has 3 N–H and O–H groups in total. The quantitative estimate of drug-likeness (QED) is 0.272. The van der Waals surface area contributed by atoms with Crippen LogP contribution in [-0.2, 0) is 27.2 Å². The van der Waals surface area contributed by atoms with E-state index in [0.717, 1.165) is 25.0 Å². The molecule has 1 aliphatic carbocycles. The fraction of sp³-hybridized carbons (Fsp3) is 0.556. The van der Waals surface area contributed by atoms with Crippen molar-refractivity contribution in [1.82, 2.24) is 0 Å². The Morgan fingerprint density at radius 3 is 2.79 bits per heavy atom. The lowest BCUT2D eigenvalue weighted by atomic mass is 9.90. The molecule has 1 unspecified atom stereocenters. The molecular weight excluding hydrogens is 420 g/mol. The van der Waals surface area contributed by atoms with Crippen LogP contribution in [0.15, 0.2) is 48.6 Å². The van der Waals surface area contributed by atoms with Crippen molar-refractivity contribution in [3.63, 3.8) is 0 Å². The van der Waals surface area contributed by atoms with Crippen LogP contribution in [0, 0.1) is 11.8 Å². The van der Waals surface area contributed by atoms with Gasteiger partial charge in [-0.05, 0) is 43.2 Å². The van der Waals surface area contributed by atoms with Crippen LogP contribution in [0.1, 0.15) is 56.6 Å². The minimum Gasteiger partial charge on any atom is -0.481 e. The Bertz CT molecular complexity index is 800. The molecule has 33 heavy (non-hydrogen) atoms. The Kier molecular flexibility index (Phi) is 12.1. The van der Waals surface area contributed by atoms with Crippen LogP contribution in [0.25, 0.3) is 0 Å². The number of benzene rings is 1. The number of ketones is 1. The third kappa shape index (κ3) is 10.0. The number of carbonyl (C=O) groups is 2. The molecule has 4 atom stereocenters. The minimum atomic E-state index is -0.811. The second-order valence-corrected chi connectivity index (χ2v) is 8.75. The monoisotopic (exact) mass is 458 g/mol. The summed E-state index contributed by atoms with van der Waals surface area (Å²) in [4.78, 5) is 22.9. The fourth-order valence-electron chi connectivity index (χ4n) is 4.17. The molecule has 0 radical (unpaired) electrons. The average Bonchev–Trinajstić information content (AvgIpc) is 3.04. The Labute approximate surface area is 197 Å². The van der Waals surface area contributed by atoms with E-state index in [1.165, 1.54) is 5.56 Å². The summed E-state index contributed by atoms with van der Waals surface area (Å²) >= 11 is 0. The van der Waals surface area contributed by atoms with Gasteiger partial charge < -0.3 is 20.1 Å². The number of Topliss-reactive ketones (excluding diaryl/α,β-unsaturated/α-hetero) is 1. The van der Waals surface area contributed by atoms with Crippen LogP contribution < -0.4 is 0 Å². The lowest BCUT2D eigenvalue weighted by Crippen LogP contribution is -2.19. The molecule has 1 fully saturated rings. The molecule has 0 saturated heterocycles. The Hall–Kier alpha value is -2.28. The standard InChI is InChI=1S/C27H38O6/c1-2-15-33-16-14-20-8-7-9-21(17-20)18-22(28)12-13-24-23(25(29)19-26(24)30)10-5-3-4-6-11-27(31)32/h3,5,7-9,12-13,17,22-24,26,28,30H,2,4,6,10-11,14-16,18-19H2,1H3,(H,31,32)/t22?,23-,24-,26-/m1/s1. The van der Waals surface area contributed by atoms with E-state index in [0.29, 0.717) is 32.3 Å². The summed E-state index contributed by atoms with van der Waals surface area (Å²) in [6.45, 7) is 3.53. The SMILES string of the molecule is CCCOCCc1cccc(CC(O)C=C[C@H]2[C@H](O)CC(=O)[C@@H]2CC=CCCCC(=O)O)c1. The van der Waals surface area contributed by atoms with Crippen LogP contribution in [0.4, 0.5) is 0 Å². The number of aliphatic hydroxyl groups excluding tert-OH is 2. The highest BCUT2D eigenvalue weighted by molar-refractivity contribution is 5.84. The summed E-state index contributed by atoms with van der Waals surface area (Å²) in [6, 6.07) is 8.11. The topological polar surface area (TPSA) is 104 Å². The van der Waals surface area contributed by atoms with Gasteiger partial charge in [0.05, 0.1) is 18.8 Å². The predicted molar refractivity (Wildman–Crippen MR) is 128 cm³/mol. The van der Waals surface area contributed by atoms with Gasteiger partial charge in [0.15, 0.2) is 0 Å². The van der Waals surface area contributed by atoms with Crippen molar-refractivity contribution in [2.24, 2.45) is 11.8 Å². The largest absolute Gasteiger partial charge is 0.481 e. The van der Waals surface area contributed by atoms with Gasteiger partial charge in [0.25, 0.3) is 0 Å². The molecule has 0 spiro atoms. The molecule has 6 nitrogen and oxygen atoms in total. The second kappa shape index (κ2) is 14.8. The number of hydrogen-bond acceptors (Lipinski definition) is 5. The van der Waals surface area contributed by atoms with Crippen molar-refractivity contribution < 1.29 is 29.6 Å². The molecule has 6 heteroatoms. The van der Waals surface area contributed by atoms with Crippen molar-refractivity contribution in [2.75, 3.05) is 13.2 Å². The molecule has 1 aromatic carbocycles. The molecule has 182 valence electrons. The lowest BCUT2D eigenvalue weighted by molar-refractivity contribution is -0.137. The Morgan fingerprint density at radius 2 is 2.03 bits per heavy atom. The average molecular weight is 459 g/mol. The summed E-state index contributed by atoms with van der Waals surface area (Å²) in [5, 5.41) is 29.5. The predicted octanol–water partition coefficient (Wildman–Crippen LogP) is 3.88. The van der Waals surface area contributed by atoms with Gasteiger partial charge in [-0.1, -0.05) is 55.5 Å². The molecule has 1 aromatic rings. The molecule has 0 amide bonds. The summed E-state index contributed by atoms with van der Waals surface area (Å²) in [6.07, 6.45) is 10.1. The van der Waals surface area contributed by atoms with Gasteiger partial charge in [-0.2, -0.15) is 0 Å². The third-order valence-corrected chi connectivity index (χ3v) is 5.93. The van der Waals surface area contributed by atoms with E-state index in [1.54, 1.807) is 12.2 Å². The van der Waals surface area contributed by atoms with Gasteiger partial charge in [-0.3, -0.25) is 9.59 Å². The van der Waals surface area contributed by atoms with Crippen LogP contribution in [0.2, 0.25) is 0 Å². The highest BCUT2D eigenvalue weighted by Gasteiger charge is 2.39. The van der Waals surface area contributed by atoms with Crippen LogP contribution in [0.5, 0.6) is 0 Å². The molecule has 0 aromatic heterocycles. The third-order valence-electron chi connectivity index (χ3n) is 5.93. The van der Waals surface area contributed by atoms with E-state index in [-0.39, 0.29) is 30.5 Å². The van der Waals surface area contributed by atoms with Crippen molar-refractivity contribution >= 4 is 11.8 Å². The maximum atomic E-state index is 12.3. The number of ether oxygens (including phenoxy) is 1. The van der Waals surface area contributed by atoms with Gasteiger partial charge in [-0.15, -0.1) is 0 Å². The summed E-state index contributed by atoms with van der Waals surface area (Å²) in [5.41, 5.74) is 2.20. The summed E-state index contributed by atoms with van der Waals surface area (Å²) < 4.78 is 5.55. The zero-order valence-electron chi connectivity index (χ0n) is 19.6. The number of rotatable bonds is 15. The number of aliphatic hydroxyl groups is 2. The number of aliphatic carboxylic acids is 1. The molecular formula is C27H38O6. The maximum absolute atomic E-state index is 12.3. The van der Waals surface area contributed by atoms with Crippen molar-refractivity contribution in [1.29, 1.82) is 0 Å². The molecule has 0 aliphatic heterocycles. The fourth-order valence-corrected chi connectivity index (χ4v) is 4.17. The van der Waals surface area contributed by atoms with Crippen molar-refractivity contribution in [3.05, 3.63) is 59.7 Å². The molecule has 2 rings (SSSR count). The number of allylic oxidation sites excluding steroid dienone is 2. The van der Waals surface area contributed by atoms with Crippen LogP contribution >= 0.6 is 0 Å². The number of carbonyl (C=O) groups excluding carboxylic acids is 1.